The average Bonchev–Trinajstić information content (AvgIpc) is 3.72. The number of esters is 1. The van der Waals surface area contributed by atoms with E-state index in [0.29, 0.717) is 0 Å². The molecule has 19 nitrogen and oxygen atoms in total. The van der Waals surface area contributed by atoms with Crippen molar-refractivity contribution in [3.05, 3.63) is 0 Å². The molecule has 4 fully saturated rings. The first-order valence-corrected chi connectivity index (χ1v) is 17.7. The topological polar surface area (TPSA) is 226 Å². The summed E-state index contributed by atoms with van der Waals surface area (Å²) in [6.07, 6.45) is -7.33. The Morgan fingerprint density at radius 3 is 1.55 bits per heavy atom. The number of alkyl carbamates (subject to hydrolysis) is 1. The maximum atomic E-state index is 13.3. The molecule has 0 spiro atoms. The SMILES string of the molecule is COC(=O)CCNC(=O)C[C@@H](NC(=O)CCNC(=O)C[C@@H](NC(=O)OC(C)(C)C)[C@H]1O[C@@H]2OC(C)(C)O[C@@H]2[C@@H]1OC)[C@H]1O[C@@H]2OC(C)(C)O[C@@H]2[C@@H]1OC. The van der Waals surface area contributed by atoms with Crippen molar-refractivity contribution in [1.29, 1.82) is 0 Å². The standard InChI is InChI=1S/C34H56N4O15/c1-32(2,3)53-31(43)38-18(24-26(46-10)28-30(48-24)52-34(6,7)50-28)16-21(41)35-13-11-19(39)37-17(15-20(40)36-14-12-22(42)44-8)23-25(45-9)27-29(47-23)51-33(4,5)49-27/h17-18,23-30H,11-16H2,1-10H3,(H,35,41)(H,36,40)(H,37,39)(H,38,43)/t17-,18-,23-,24-,25-,26-,27-,28-,29-,30-/m1/s1. The molecule has 10 atom stereocenters. The van der Waals surface area contributed by atoms with Gasteiger partial charge in [0.25, 0.3) is 0 Å². The van der Waals surface area contributed by atoms with E-state index in [4.69, 9.17) is 42.6 Å². The lowest BCUT2D eigenvalue weighted by Crippen LogP contribution is -2.53. The van der Waals surface area contributed by atoms with Crippen LogP contribution in [0, 0.1) is 0 Å². The fraction of sp³-hybridized carbons (Fsp3) is 0.853. The first-order valence-electron chi connectivity index (χ1n) is 17.7. The van der Waals surface area contributed by atoms with Gasteiger partial charge in [-0.1, -0.05) is 0 Å². The van der Waals surface area contributed by atoms with Crippen molar-refractivity contribution < 1.29 is 71.3 Å². The van der Waals surface area contributed by atoms with Crippen molar-refractivity contribution in [2.45, 2.75) is 153 Å². The van der Waals surface area contributed by atoms with Gasteiger partial charge in [0.15, 0.2) is 24.2 Å². The zero-order chi connectivity index (χ0) is 39.3. The Balaban J connectivity index is 1.37. The van der Waals surface area contributed by atoms with Crippen molar-refractivity contribution in [2.24, 2.45) is 0 Å². The molecule has 0 aliphatic carbocycles. The highest BCUT2D eigenvalue weighted by atomic mass is 16.9. The third-order valence-corrected chi connectivity index (χ3v) is 8.80. The van der Waals surface area contributed by atoms with Crippen LogP contribution in [-0.2, 0) is 66.5 Å². The third-order valence-electron chi connectivity index (χ3n) is 8.80. The van der Waals surface area contributed by atoms with Crippen LogP contribution in [0.3, 0.4) is 0 Å². The van der Waals surface area contributed by atoms with Crippen molar-refractivity contribution in [2.75, 3.05) is 34.4 Å². The molecule has 0 aromatic carbocycles. The molecule has 302 valence electrons. The molecule has 0 bridgehead atoms. The van der Waals surface area contributed by atoms with E-state index in [1.165, 1.54) is 21.3 Å². The third kappa shape index (κ3) is 11.7. The summed E-state index contributed by atoms with van der Waals surface area (Å²) < 4.78 is 57.3. The van der Waals surface area contributed by atoms with Crippen LogP contribution in [0.5, 0.6) is 0 Å². The van der Waals surface area contributed by atoms with Gasteiger partial charge in [0.2, 0.25) is 17.7 Å². The molecule has 0 radical (unpaired) electrons. The summed E-state index contributed by atoms with van der Waals surface area (Å²) >= 11 is 0. The number of carbonyl (C=O) groups is 5. The number of nitrogens with one attached hydrogen (secondary N) is 4. The second kappa shape index (κ2) is 17.5. The van der Waals surface area contributed by atoms with Gasteiger partial charge in [-0.2, -0.15) is 0 Å². The molecule has 53 heavy (non-hydrogen) atoms. The molecule has 4 aliphatic heterocycles. The molecule has 0 aromatic rings. The molecule has 0 unspecified atom stereocenters. The van der Waals surface area contributed by atoms with Crippen LogP contribution >= 0.6 is 0 Å². The maximum Gasteiger partial charge on any atom is 0.407 e. The van der Waals surface area contributed by atoms with E-state index in [9.17, 15) is 24.0 Å². The number of hydrogen-bond acceptors (Lipinski definition) is 15. The minimum Gasteiger partial charge on any atom is -0.469 e. The van der Waals surface area contributed by atoms with E-state index in [0.717, 1.165) is 0 Å². The van der Waals surface area contributed by atoms with Gasteiger partial charge < -0.3 is 68.6 Å². The largest absolute Gasteiger partial charge is 0.469 e. The zero-order valence-corrected chi connectivity index (χ0v) is 32.1. The van der Waals surface area contributed by atoms with Crippen LogP contribution in [-0.4, -0.2) is 143 Å². The molecule has 4 N–H and O–H groups in total. The van der Waals surface area contributed by atoms with Gasteiger partial charge >= 0.3 is 12.1 Å². The van der Waals surface area contributed by atoms with Crippen LogP contribution in [0.15, 0.2) is 0 Å². The molecule has 4 heterocycles. The number of fused-ring (bicyclic) bond motifs is 2. The maximum absolute atomic E-state index is 13.3. The molecule has 4 aliphatic rings. The fourth-order valence-electron chi connectivity index (χ4n) is 6.69. The number of ether oxygens (including phenoxy) is 10. The summed E-state index contributed by atoms with van der Waals surface area (Å²) in [5.74, 6) is -3.78. The number of hydrogen-bond donors (Lipinski definition) is 4. The molecule has 19 heteroatoms. The van der Waals surface area contributed by atoms with Gasteiger partial charge in [0, 0.05) is 46.6 Å². The lowest BCUT2D eigenvalue weighted by atomic mass is 9.99. The summed E-state index contributed by atoms with van der Waals surface area (Å²) in [6.45, 7) is 12.0. The smallest absolute Gasteiger partial charge is 0.407 e. The predicted molar refractivity (Wildman–Crippen MR) is 181 cm³/mol. The van der Waals surface area contributed by atoms with E-state index in [1.807, 2.05) is 0 Å². The Kier molecular flexibility index (Phi) is 14.1. The first kappa shape index (κ1) is 42.6. The van der Waals surface area contributed by atoms with Crippen LogP contribution in [0.25, 0.3) is 0 Å². The van der Waals surface area contributed by atoms with Gasteiger partial charge in [0.05, 0.1) is 25.6 Å². The Morgan fingerprint density at radius 1 is 0.660 bits per heavy atom. The highest BCUT2D eigenvalue weighted by Crippen LogP contribution is 2.41. The number of amides is 4. The van der Waals surface area contributed by atoms with Crippen molar-refractivity contribution >= 4 is 29.8 Å². The molecular weight excluding hydrogens is 704 g/mol. The van der Waals surface area contributed by atoms with Crippen LogP contribution in [0.2, 0.25) is 0 Å². The normalized spacial score (nSPS) is 30.8. The second-order valence-corrected chi connectivity index (χ2v) is 15.2. The van der Waals surface area contributed by atoms with E-state index in [1.54, 1.807) is 48.5 Å². The predicted octanol–water partition coefficient (Wildman–Crippen LogP) is 0.113. The number of carbonyl (C=O) groups excluding carboxylic acids is 5. The van der Waals surface area contributed by atoms with Crippen molar-refractivity contribution in [1.82, 2.24) is 21.3 Å². The number of methoxy groups -OCH3 is 3. The molecule has 0 saturated carbocycles. The Labute approximate surface area is 309 Å². The lowest BCUT2D eigenvalue weighted by molar-refractivity contribution is -0.220. The van der Waals surface area contributed by atoms with E-state index in [-0.39, 0.29) is 38.8 Å². The van der Waals surface area contributed by atoms with E-state index >= 15 is 0 Å². The molecule has 4 saturated heterocycles. The van der Waals surface area contributed by atoms with Crippen molar-refractivity contribution in [3.63, 3.8) is 0 Å². The minimum absolute atomic E-state index is 0.0310. The van der Waals surface area contributed by atoms with Crippen LogP contribution in [0.1, 0.15) is 74.1 Å². The Bertz CT molecular complexity index is 1320. The van der Waals surface area contributed by atoms with Gasteiger partial charge in [-0.15, -0.1) is 0 Å². The molecular formula is C34H56N4O15. The molecule has 4 amide bonds. The Hall–Kier alpha value is -3.17. The molecule has 0 aromatic heterocycles. The van der Waals surface area contributed by atoms with Gasteiger partial charge in [-0.05, 0) is 48.5 Å². The van der Waals surface area contributed by atoms with Crippen LogP contribution < -0.4 is 21.3 Å². The van der Waals surface area contributed by atoms with Crippen molar-refractivity contribution in [3.8, 4) is 0 Å². The summed E-state index contributed by atoms with van der Waals surface area (Å²) in [6, 6.07) is -1.82. The van der Waals surface area contributed by atoms with Gasteiger partial charge in [-0.3, -0.25) is 19.2 Å². The average molecular weight is 761 g/mol. The highest BCUT2D eigenvalue weighted by Gasteiger charge is 2.58. The van der Waals surface area contributed by atoms with E-state index < -0.39 is 108 Å². The Morgan fingerprint density at radius 2 is 1.11 bits per heavy atom. The molecule has 4 rings (SSSR count). The summed E-state index contributed by atoms with van der Waals surface area (Å²) in [5.41, 5.74) is -0.808. The lowest BCUT2D eigenvalue weighted by Gasteiger charge is -2.31. The fourth-order valence-corrected chi connectivity index (χ4v) is 6.69. The zero-order valence-electron chi connectivity index (χ0n) is 32.1. The number of rotatable bonds is 16. The second-order valence-electron chi connectivity index (χ2n) is 15.2. The first-order chi connectivity index (χ1) is 24.7. The summed E-state index contributed by atoms with van der Waals surface area (Å²) in [7, 11) is 4.18. The van der Waals surface area contributed by atoms with Gasteiger partial charge in [0.1, 0.15) is 42.2 Å². The summed E-state index contributed by atoms with van der Waals surface area (Å²) in [5, 5.41) is 10.9. The van der Waals surface area contributed by atoms with E-state index in [2.05, 4.69) is 26.0 Å². The summed E-state index contributed by atoms with van der Waals surface area (Å²) in [4.78, 5) is 63.8. The van der Waals surface area contributed by atoms with Gasteiger partial charge in [-0.25, -0.2) is 4.79 Å². The minimum atomic E-state index is -0.925. The monoisotopic (exact) mass is 760 g/mol. The quantitative estimate of drug-likeness (QED) is 0.153. The highest BCUT2D eigenvalue weighted by molar-refractivity contribution is 5.82. The van der Waals surface area contributed by atoms with Crippen LogP contribution in [0.4, 0.5) is 4.79 Å².